The second kappa shape index (κ2) is 4.45. The number of halogens is 1. The Bertz CT molecular complexity index is 451. The summed E-state index contributed by atoms with van der Waals surface area (Å²) in [5.41, 5.74) is 3.10. The highest BCUT2D eigenvalue weighted by Gasteiger charge is 2.01. The Morgan fingerprint density at radius 2 is 2.27 bits per heavy atom. The molecule has 3 nitrogen and oxygen atoms in total. The van der Waals surface area contributed by atoms with Gasteiger partial charge in [0.15, 0.2) is 0 Å². The molecule has 0 bridgehead atoms. The van der Waals surface area contributed by atoms with Crippen LogP contribution in [-0.2, 0) is 12.3 Å². The van der Waals surface area contributed by atoms with Crippen molar-refractivity contribution < 1.29 is 0 Å². The lowest BCUT2D eigenvalue weighted by Crippen LogP contribution is -1.95. The highest BCUT2D eigenvalue weighted by molar-refractivity contribution is 6.16. The summed E-state index contributed by atoms with van der Waals surface area (Å²) in [6.07, 6.45) is 2.87. The molecule has 0 aliphatic rings. The minimum absolute atomic E-state index is 0.396. The molecular weight excluding hydrogens is 210 g/mol. The molecule has 4 heteroatoms. The third-order valence-electron chi connectivity index (χ3n) is 2.26. The van der Waals surface area contributed by atoms with Gasteiger partial charge in [0.05, 0.1) is 23.5 Å². The first kappa shape index (κ1) is 10.2. The van der Waals surface area contributed by atoms with Crippen molar-refractivity contribution in [2.45, 2.75) is 19.2 Å². The van der Waals surface area contributed by atoms with Crippen molar-refractivity contribution in [1.29, 1.82) is 0 Å². The van der Waals surface area contributed by atoms with E-state index in [4.69, 9.17) is 11.6 Å². The average molecular weight is 222 g/mol. The van der Waals surface area contributed by atoms with E-state index in [1.54, 1.807) is 4.68 Å². The number of hydrogen-bond donors (Lipinski definition) is 0. The lowest BCUT2D eigenvalue weighted by atomic mass is 10.1. The molecule has 0 amide bonds. The summed E-state index contributed by atoms with van der Waals surface area (Å²) in [5, 5.41) is 7.96. The largest absolute Gasteiger partial charge is 0.220 e. The molecule has 2 rings (SSSR count). The summed E-state index contributed by atoms with van der Waals surface area (Å²) in [6, 6.07) is 8.23. The maximum atomic E-state index is 5.67. The molecule has 0 aliphatic heterocycles. The smallest absolute Gasteiger partial charge is 0.0979 e. The fourth-order valence-corrected chi connectivity index (χ4v) is 1.53. The fraction of sp³-hybridized carbons (Fsp3) is 0.273. The summed E-state index contributed by atoms with van der Waals surface area (Å²) in [7, 11) is 0. The van der Waals surface area contributed by atoms with Gasteiger partial charge in [0.25, 0.3) is 0 Å². The molecule has 2 aromatic rings. The molecule has 0 saturated carbocycles. The highest BCUT2D eigenvalue weighted by atomic mass is 35.5. The van der Waals surface area contributed by atoms with Gasteiger partial charge in [-0.15, -0.1) is 16.7 Å². The van der Waals surface area contributed by atoms with E-state index in [9.17, 15) is 0 Å². The Morgan fingerprint density at radius 3 is 2.93 bits per heavy atom. The van der Waals surface area contributed by atoms with E-state index in [1.165, 1.54) is 5.56 Å². The first-order valence-electron chi connectivity index (χ1n) is 4.90. The molecule has 1 aromatic heterocycles. The van der Waals surface area contributed by atoms with Gasteiger partial charge in [-0.2, -0.15) is 0 Å². The van der Waals surface area contributed by atoms with Crippen LogP contribution >= 0.6 is 11.6 Å². The number of aromatic nitrogens is 3. The van der Waals surface area contributed by atoms with E-state index in [0.717, 1.165) is 17.8 Å². The van der Waals surface area contributed by atoms with Gasteiger partial charge >= 0.3 is 0 Å². The summed E-state index contributed by atoms with van der Waals surface area (Å²) < 4.78 is 1.75. The Morgan fingerprint density at radius 1 is 1.40 bits per heavy atom. The zero-order chi connectivity index (χ0) is 10.7. The van der Waals surface area contributed by atoms with Crippen molar-refractivity contribution in [1.82, 2.24) is 15.0 Å². The minimum Gasteiger partial charge on any atom is -0.220 e. The molecule has 0 unspecified atom stereocenters. The van der Waals surface area contributed by atoms with E-state index in [0.29, 0.717) is 5.88 Å². The highest BCUT2D eigenvalue weighted by Crippen LogP contribution is 2.10. The van der Waals surface area contributed by atoms with Crippen molar-refractivity contribution in [2.24, 2.45) is 0 Å². The van der Waals surface area contributed by atoms with Gasteiger partial charge in [0, 0.05) is 0 Å². The van der Waals surface area contributed by atoms with Gasteiger partial charge in [0.1, 0.15) is 0 Å². The number of nitrogens with zero attached hydrogens (tertiary/aromatic N) is 3. The first-order chi connectivity index (χ1) is 7.33. The first-order valence-corrected chi connectivity index (χ1v) is 5.43. The Hall–Kier alpha value is -1.35. The van der Waals surface area contributed by atoms with Crippen molar-refractivity contribution in [3.63, 3.8) is 0 Å². The Kier molecular flexibility index (Phi) is 3.02. The summed E-state index contributed by atoms with van der Waals surface area (Å²) in [4.78, 5) is 0. The lowest BCUT2D eigenvalue weighted by Gasteiger charge is -2.01. The van der Waals surface area contributed by atoms with Crippen molar-refractivity contribution in [3.05, 3.63) is 41.7 Å². The molecule has 78 valence electrons. The summed E-state index contributed by atoms with van der Waals surface area (Å²) >= 11 is 5.67. The predicted molar refractivity (Wildman–Crippen MR) is 60.3 cm³/mol. The Balaban J connectivity index is 2.35. The molecule has 0 radical (unpaired) electrons. The quantitative estimate of drug-likeness (QED) is 0.746. The van der Waals surface area contributed by atoms with Crippen LogP contribution in [0.5, 0.6) is 0 Å². The predicted octanol–water partition coefficient (Wildman–Crippen LogP) is 2.57. The number of alkyl halides is 1. The van der Waals surface area contributed by atoms with Crippen LogP contribution in [0.2, 0.25) is 0 Å². The molecule has 0 atom stereocenters. The second-order valence-corrected chi connectivity index (χ2v) is 3.58. The van der Waals surface area contributed by atoms with E-state index in [1.807, 2.05) is 18.3 Å². The van der Waals surface area contributed by atoms with E-state index >= 15 is 0 Å². The van der Waals surface area contributed by atoms with Crippen LogP contribution in [0.3, 0.4) is 0 Å². The number of aryl methyl sites for hydroxylation is 1. The molecule has 1 aromatic carbocycles. The molecule has 0 fully saturated rings. The number of benzene rings is 1. The van der Waals surface area contributed by atoms with Gasteiger partial charge in [-0.1, -0.05) is 24.3 Å². The lowest BCUT2D eigenvalue weighted by molar-refractivity contribution is 0.799. The van der Waals surface area contributed by atoms with E-state index in [2.05, 4.69) is 29.4 Å². The fourth-order valence-electron chi connectivity index (χ4n) is 1.40. The van der Waals surface area contributed by atoms with Crippen LogP contribution in [0.1, 0.15) is 18.2 Å². The van der Waals surface area contributed by atoms with E-state index < -0.39 is 0 Å². The maximum Gasteiger partial charge on any atom is 0.0979 e. The van der Waals surface area contributed by atoms with Gasteiger partial charge in [0.2, 0.25) is 0 Å². The van der Waals surface area contributed by atoms with Gasteiger partial charge in [-0.3, -0.25) is 0 Å². The Labute approximate surface area is 93.7 Å². The van der Waals surface area contributed by atoms with Gasteiger partial charge in [-0.05, 0) is 24.1 Å². The normalized spacial score (nSPS) is 10.5. The topological polar surface area (TPSA) is 30.7 Å². The van der Waals surface area contributed by atoms with Crippen molar-refractivity contribution >= 4 is 11.6 Å². The number of rotatable bonds is 3. The van der Waals surface area contributed by atoms with Crippen molar-refractivity contribution in [2.75, 3.05) is 0 Å². The molecule has 0 N–H and O–H groups in total. The molecular formula is C11H12ClN3. The molecule has 1 heterocycles. The molecule has 0 saturated heterocycles. The summed E-state index contributed by atoms with van der Waals surface area (Å²) in [5.74, 6) is 0.396. The van der Waals surface area contributed by atoms with Crippen LogP contribution in [0, 0.1) is 0 Å². The van der Waals surface area contributed by atoms with E-state index in [-0.39, 0.29) is 0 Å². The SMILES string of the molecule is CCc1cccc(-n2cc(CCl)nn2)c1. The zero-order valence-electron chi connectivity index (χ0n) is 8.52. The zero-order valence-corrected chi connectivity index (χ0v) is 9.28. The maximum absolute atomic E-state index is 5.67. The third-order valence-corrected chi connectivity index (χ3v) is 2.53. The standard InChI is InChI=1S/C11H12ClN3/c1-2-9-4-3-5-11(6-9)15-8-10(7-12)13-14-15/h3-6,8H,2,7H2,1H3. The monoisotopic (exact) mass is 221 g/mol. The number of hydrogen-bond acceptors (Lipinski definition) is 2. The van der Waals surface area contributed by atoms with Crippen LogP contribution in [-0.4, -0.2) is 15.0 Å². The molecule has 0 spiro atoms. The second-order valence-electron chi connectivity index (χ2n) is 3.31. The molecule has 15 heavy (non-hydrogen) atoms. The van der Waals surface area contributed by atoms with Gasteiger partial charge in [-0.25, -0.2) is 4.68 Å². The van der Waals surface area contributed by atoms with Crippen LogP contribution in [0.15, 0.2) is 30.5 Å². The van der Waals surface area contributed by atoms with Crippen LogP contribution in [0.4, 0.5) is 0 Å². The average Bonchev–Trinajstić information content (AvgIpc) is 2.78. The molecule has 0 aliphatic carbocycles. The van der Waals surface area contributed by atoms with Gasteiger partial charge < -0.3 is 0 Å². The van der Waals surface area contributed by atoms with Crippen LogP contribution in [0.25, 0.3) is 5.69 Å². The third kappa shape index (κ3) is 2.18. The summed E-state index contributed by atoms with van der Waals surface area (Å²) in [6.45, 7) is 2.13. The van der Waals surface area contributed by atoms with Crippen LogP contribution < -0.4 is 0 Å². The van der Waals surface area contributed by atoms with Crippen molar-refractivity contribution in [3.8, 4) is 5.69 Å². The minimum atomic E-state index is 0.396.